The molecule has 2 fully saturated rings. The minimum atomic E-state index is -0.740. The van der Waals surface area contributed by atoms with Crippen molar-refractivity contribution in [2.45, 2.75) is 12.2 Å². The molecule has 1 amide bonds. The molecule has 12 nitrogen and oxygen atoms in total. The fourth-order valence-corrected chi connectivity index (χ4v) is 5.44. The summed E-state index contributed by atoms with van der Waals surface area (Å²) in [4.78, 5) is 31.4. The zero-order valence-electron chi connectivity index (χ0n) is 21.9. The number of β-amino-alcohol motifs (C(OH)–C–C–N with tert-alkyl or cyclic N) is 1. The zero-order chi connectivity index (χ0) is 28.8. The van der Waals surface area contributed by atoms with Gasteiger partial charge in [-0.2, -0.15) is 20.1 Å². The van der Waals surface area contributed by atoms with Crippen LogP contribution in [0.1, 0.15) is 0 Å². The molecule has 0 aliphatic carbocycles. The topological polar surface area (TPSA) is 133 Å². The van der Waals surface area contributed by atoms with Crippen LogP contribution in [-0.2, 0) is 4.79 Å². The molecule has 2 atom stereocenters. The molecular weight excluding hydrogens is 578 g/mol. The molecule has 0 saturated carbocycles. The van der Waals surface area contributed by atoms with Gasteiger partial charge in [0.2, 0.25) is 11.8 Å². The summed E-state index contributed by atoms with van der Waals surface area (Å²) in [6, 6.07) is 2.81. The van der Waals surface area contributed by atoms with Gasteiger partial charge in [-0.05, 0) is 19.2 Å². The van der Waals surface area contributed by atoms with Gasteiger partial charge in [0.15, 0.2) is 5.75 Å². The maximum Gasteiger partial charge on any atom is 0.319 e. The molecule has 3 aromatic heterocycles. The van der Waals surface area contributed by atoms with Crippen molar-refractivity contribution in [2.24, 2.45) is 0 Å². The van der Waals surface area contributed by atoms with Crippen LogP contribution in [0.25, 0.3) is 21.8 Å². The molecule has 2 saturated heterocycles. The van der Waals surface area contributed by atoms with Crippen molar-refractivity contribution >= 4 is 56.7 Å². The molecule has 0 unspecified atom stereocenters. The molecule has 4 aromatic rings. The van der Waals surface area contributed by atoms with Crippen molar-refractivity contribution in [3.63, 3.8) is 0 Å². The Hall–Kier alpha value is -3.78. The maximum absolute atomic E-state index is 14.6. The van der Waals surface area contributed by atoms with Crippen LogP contribution >= 0.6 is 23.2 Å². The number of likely N-dealkylation sites (N-methyl/N-ethyl adjacent to an activating group) is 1. The molecule has 2 aliphatic heterocycles. The van der Waals surface area contributed by atoms with Gasteiger partial charge >= 0.3 is 6.01 Å². The Kier molecular flexibility index (Phi) is 7.28. The van der Waals surface area contributed by atoms with Crippen molar-refractivity contribution in [2.75, 3.05) is 51.2 Å². The number of hydrogen-bond acceptors (Lipinski definition) is 10. The van der Waals surface area contributed by atoms with Crippen molar-refractivity contribution < 1.29 is 23.8 Å². The number of aliphatic hydroxyl groups is 1. The number of benzene rings is 1. The average Bonchev–Trinajstić information content (AvgIpc) is 3.55. The molecule has 41 heavy (non-hydrogen) atoms. The molecular formula is C26H25Cl2FN8O4. The number of amides is 1. The van der Waals surface area contributed by atoms with Crippen molar-refractivity contribution in [3.8, 4) is 17.6 Å². The van der Waals surface area contributed by atoms with Crippen molar-refractivity contribution in [1.29, 1.82) is 0 Å². The van der Waals surface area contributed by atoms with E-state index in [2.05, 4.69) is 26.7 Å². The van der Waals surface area contributed by atoms with Crippen LogP contribution in [0.3, 0.4) is 0 Å². The Morgan fingerprint density at radius 2 is 1.95 bits per heavy atom. The van der Waals surface area contributed by atoms with Crippen LogP contribution in [-0.4, -0.2) is 104 Å². The second-order valence-electron chi connectivity index (χ2n) is 9.87. The second-order valence-corrected chi connectivity index (χ2v) is 10.6. The molecule has 214 valence electrons. The Balaban J connectivity index is 1.46. The molecule has 0 bridgehead atoms. The number of H-pyrrole nitrogens is 1. The van der Waals surface area contributed by atoms with Gasteiger partial charge in [-0.1, -0.05) is 29.8 Å². The third-order valence-electron chi connectivity index (χ3n) is 7.11. The number of rotatable bonds is 6. The smallest absolute Gasteiger partial charge is 0.319 e. The summed E-state index contributed by atoms with van der Waals surface area (Å²) in [7, 11) is 1.88. The fourth-order valence-electron chi connectivity index (χ4n) is 5.06. The molecule has 0 radical (unpaired) electrons. The molecule has 6 rings (SSSR count). The number of fused-ring (bicyclic) bond motifs is 2. The summed E-state index contributed by atoms with van der Waals surface area (Å²) in [6.45, 7) is 6.28. The lowest BCUT2D eigenvalue weighted by molar-refractivity contribution is -0.126. The first-order valence-electron chi connectivity index (χ1n) is 12.8. The summed E-state index contributed by atoms with van der Waals surface area (Å²) in [5.41, 5.74) is 0.607. The van der Waals surface area contributed by atoms with E-state index in [1.807, 2.05) is 16.8 Å². The number of aromatic amines is 1. The van der Waals surface area contributed by atoms with Crippen LogP contribution in [0.15, 0.2) is 31.0 Å². The second kappa shape index (κ2) is 10.9. The van der Waals surface area contributed by atoms with Gasteiger partial charge in [0, 0.05) is 45.3 Å². The van der Waals surface area contributed by atoms with E-state index in [1.54, 1.807) is 11.0 Å². The third-order valence-corrected chi connectivity index (χ3v) is 7.66. The summed E-state index contributed by atoms with van der Waals surface area (Å²) >= 11 is 12.7. The van der Waals surface area contributed by atoms with Crippen LogP contribution in [0.2, 0.25) is 10.2 Å². The summed E-state index contributed by atoms with van der Waals surface area (Å²) in [6.07, 6.45) is 1.44. The van der Waals surface area contributed by atoms with E-state index in [0.29, 0.717) is 61.4 Å². The van der Waals surface area contributed by atoms with Gasteiger partial charge in [0.25, 0.3) is 0 Å². The summed E-state index contributed by atoms with van der Waals surface area (Å²) in [5, 5.41) is 17.9. The number of pyridine rings is 1. The number of aliphatic hydroxyl groups excluding tert-OH is 1. The first-order chi connectivity index (χ1) is 19.7. The number of piperazine rings is 1. The molecule has 0 spiro atoms. The minimum Gasteiger partial charge on any atom is -0.456 e. The quantitative estimate of drug-likeness (QED) is 0.250. The minimum absolute atomic E-state index is 0.00998. The van der Waals surface area contributed by atoms with Gasteiger partial charge in [0.1, 0.15) is 39.5 Å². The fraction of sp³-hybridized carbons (Fsp3) is 0.346. The number of carbonyl (C=O) groups excluding carboxylic acids is 1. The lowest BCUT2D eigenvalue weighted by atomic mass is 10.2. The van der Waals surface area contributed by atoms with Gasteiger partial charge < -0.3 is 24.4 Å². The predicted octanol–water partition coefficient (Wildman–Crippen LogP) is 3.03. The van der Waals surface area contributed by atoms with Crippen LogP contribution in [0.5, 0.6) is 17.6 Å². The molecule has 15 heteroatoms. The predicted molar refractivity (Wildman–Crippen MR) is 150 cm³/mol. The van der Waals surface area contributed by atoms with E-state index in [9.17, 15) is 14.3 Å². The van der Waals surface area contributed by atoms with Crippen LogP contribution in [0, 0.1) is 5.82 Å². The summed E-state index contributed by atoms with van der Waals surface area (Å²) < 4.78 is 26.8. The van der Waals surface area contributed by atoms with E-state index < -0.39 is 18.0 Å². The highest BCUT2D eigenvalue weighted by Gasteiger charge is 2.33. The van der Waals surface area contributed by atoms with E-state index in [0.717, 1.165) is 0 Å². The number of aromatic nitrogens is 5. The number of carbonyl (C=O) groups is 1. The highest BCUT2D eigenvalue weighted by molar-refractivity contribution is 6.33. The normalized spacial score (nSPS) is 19.7. The van der Waals surface area contributed by atoms with Gasteiger partial charge in [-0.25, -0.2) is 4.39 Å². The van der Waals surface area contributed by atoms with E-state index in [1.165, 1.54) is 18.3 Å². The van der Waals surface area contributed by atoms with Gasteiger partial charge in [-0.3, -0.25) is 14.8 Å². The maximum atomic E-state index is 14.6. The number of nitrogens with zero attached hydrogens (tertiary/aromatic N) is 7. The number of halogens is 3. The lowest BCUT2D eigenvalue weighted by Crippen LogP contribution is -2.48. The Labute approximate surface area is 243 Å². The zero-order valence-corrected chi connectivity index (χ0v) is 23.4. The highest BCUT2D eigenvalue weighted by Crippen LogP contribution is 2.41. The van der Waals surface area contributed by atoms with Gasteiger partial charge in [-0.15, -0.1) is 0 Å². The Morgan fingerprint density at radius 3 is 2.66 bits per heavy atom. The van der Waals surface area contributed by atoms with E-state index >= 15 is 0 Å². The Morgan fingerprint density at radius 1 is 1.17 bits per heavy atom. The van der Waals surface area contributed by atoms with Crippen molar-refractivity contribution in [3.05, 3.63) is 47.0 Å². The number of ether oxygens (including phenoxy) is 2. The van der Waals surface area contributed by atoms with E-state index in [-0.39, 0.29) is 39.2 Å². The van der Waals surface area contributed by atoms with Crippen LogP contribution in [0.4, 0.5) is 10.2 Å². The molecule has 2 aliphatic rings. The number of anilines is 1. The SMILES string of the molecule is C=CC(=O)N1CCN(c2nc(O[C@@H]3CN(C)C[C@H]3O)nc3c(Oc4c(Cl)c(F)cc5[nH]ncc45)nc(Cl)cc23)CC1. The molecule has 5 heterocycles. The lowest BCUT2D eigenvalue weighted by Gasteiger charge is -2.35. The van der Waals surface area contributed by atoms with Gasteiger partial charge in [0.05, 0.1) is 22.5 Å². The van der Waals surface area contributed by atoms with Crippen molar-refractivity contribution in [1.82, 2.24) is 34.9 Å². The number of hydrogen-bond donors (Lipinski definition) is 2. The molecule has 1 aromatic carbocycles. The first kappa shape index (κ1) is 27.4. The number of likely N-dealkylation sites (tertiary alicyclic amines) is 1. The monoisotopic (exact) mass is 602 g/mol. The highest BCUT2D eigenvalue weighted by atomic mass is 35.5. The van der Waals surface area contributed by atoms with E-state index in [4.69, 9.17) is 37.7 Å². The number of nitrogens with one attached hydrogen (secondary N) is 1. The van der Waals surface area contributed by atoms with Crippen LogP contribution < -0.4 is 14.4 Å². The average molecular weight is 603 g/mol. The molecule has 2 N–H and O–H groups in total. The first-order valence-corrected chi connectivity index (χ1v) is 13.5. The Bertz CT molecular complexity index is 1660. The largest absolute Gasteiger partial charge is 0.456 e. The standard InChI is InChI=1S/C26H25Cl2FN8O4/c1-3-20(39)36-4-6-37(7-5-36)24-13-8-19(27)31-25(41-23-14-10-30-34-16(14)9-15(29)21(23)28)22(13)32-26(33-24)40-18-12-35(2)11-17(18)38/h3,8-10,17-18,38H,1,4-7,11-12H2,2H3,(H,30,34)/t17-,18-/m1/s1. The summed E-state index contributed by atoms with van der Waals surface area (Å²) in [5.74, 6) is -0.458. The third kappa shape index (κ3) is 5.21.